The van der Waals surface area contributed by atoms with Crippen molar-refractivity contribution >= 4 is 5.91 Å². The topological polar surface area (TPSA) is 58.4 Å². The van der Waals surface area contributed by atoms with Crippen LogP contribution >= 0.6 is 0 Å². The van der Waals surface area contributed by atoms with E-state index in [2.05, 4.69) is 17.1 Å². The van der Waals surface area contributed by atoms with Crippen molar-refractivity contribution in [2.45, 2.75) is 58.4 Å². The number of hydrogen-bond donors (Lipinski definition) is 2. The second-order valence-corrected chi connectivity index (χ2v) is 6.00. The summed E-state index contributed by atoms with van der Waals surface area (Å²) in [4.78, 5) is 14.5. The molecule has 0 aromatic heterocycles. The lowest BCUT2D eigenvalue weighted by molar-refractivity contribution is -0.126. The van der Waals surface area contributed by atoms with Gasteiger partial charge < -0.3 is 16.0 Å². The Hall–Kier alpha value is -0.610. The van der Waals surface area contributed by atoms with Crippen molar-refractivity contribution in [1.82, 2.24) is 10.2 Å². The molecule has 0 aromatic carbocycles. The van der Waals surface area contributed by atoms with Crippen LogP contribution in [0.15, 0.2) is 0 Å². The lowest BCUT2D eigenvalue weighted by Gasteiger charge is -2.30. The van der Waals surface area contributed by atoms with E-state index in [1.54, 1.807) is 0 Å². The van der Waals surface area contributed by atoms with Gasteiger partial charge in [-0.05, 0) is 57.7 Å². The monoisotopic (exact) mass is 269 g/mol. The summed E-state index contributed by atoms with van der Waals surface area (Å²) in [5.41, 5.74) is 5.38. The first-order chi connectivity index (χ1) is 9.01. The van der Waals surface area contributed by atoms with Crippen LogP contribution in [0.25, 0.3) is 0 Å². The van der Waals surface area contributed by atoms with Crippen LogP contribution in [0.4, 0.5) is 0 Å². The van der Waals surface area contributed by atoms with Crippen LogP contribution in [0.1, 0.15) is 52.9 Å². The summed E-state index contributed by atoms with van der Waals surface area (Å²) < 4.78 is 0. The quantitative estimate of drug-likeness (QED) is 0.692. The molecule has 1 aliphatic rings. The molecule has 1 heterocycles. The first-order valence-electron chi connectivity index (χ1n) is 7.81. The highest BCUT2D eigenvalue weighted by Gasteiger charge is 2.29. The minimum atomic E-state index is -0.680. The van der Waals surface area contributed by atoms with Crippen molar-refractivity contribution in [1.29, 1.82) is 0 Å². The minimum Gasteiger partial charge on any atom is -0.354 e. The first-order valence-corrected chi connectivity index (χ1v) is 7.81. The van der Waals surface area contributed by atoms with Gasteiger partial charge in [0.2, 0.25) is 5.91 Å². The Morgan fingerprint density at radius 3 is 2.42 bits per heavy atom. The van der Waals surface area contributed by atoms with E-state index in [-0.39, 0.29) is 5.91 Å². The summed E-state index contributed by atoms with van der Waals surface area (Å²) in [7, 11) is 0. The molecule has 4 nitrogen and oxygen atoms in total. The van der Waals surface area contributed by atoms with Gasteiger partial charge >= 0.3 is 0 Å². The third-order valence-corrected chi connectivity index (χ3v) is 4.53. The number of piperidine rings is 1. The highest BCUT2D eigenvalue weighted by atomic mass is 16.2. The standard InChI is InChI=1S/C15H31N3O/c1-4-15(16,5-2)14(19)17-9-6-10-18-11-7-13(3)8-12-18/h13H,4-12,16H2,1-3H3,(H,17,19). The number of carbonyl (C=O) groups excluding carboxylic acids is 1. The molecular weight excluding hydrogens is 238 g/mol. The molecule has 0 saturated carbocycles. The van der Waals surface area contributed by atoms with Gasteiger partial charge in [0.15, 0.2) is 0 Å². The number of rotatable bonds is 7. The molecule has 3 N–H and O–H groups in total. The molecule has 0 aromatic rings. The second kappa shape index (κ2) is 7.85. The SMILES string of the molecule is CCC(N)(CC)C(=O)NCCCN1CCC(C)CC1. The molecule has 0 radical (unpaired) electrons. The van der Waals surface area contributed by atoms with Crippen molar-refractivity contribution in [3.8, 4) is 0 Å². The van der Waals surface area contributed by atoms with E-state index < -0.39 is 5.54 Å². The van der Waals surface area contributed by atoms with Crippen molar-refractivity contribution in [3.05, 3.63) is 0 Å². The Balaban J connectivity index is 2.15. The highest BCUT2D eigenvalue weighted by molar-refractivity contribution is 5.85. The number of nitrogens with one attached hydrogen (secondary N) is 1. The molecule has 0 aliphatic carbocycles. The zero-order chi connectivity index (χ0) is 14.3. The number of carbonyl (C=O) groups is 1. The summed E-state index contributed by atoms with van der Waals surface area (Å²) in [6.45, 7) is 10.5. The molecule has 4 heteroatoms. The minimum absolute atomic E-state index is 0.00441. The average molecular weight is 269 g/mol. The van der Waals surface area contributed by atoms with Gasteiger partial charge in [-0.15, -0.1) is 0 Å². The van der Waals surface area contributed by atoms with Crippen LogP contribution in [-0.2, 0) is 4.79 Å². The maximum atomic E-state index is 12.0. The van der Waals surface area contributed by atoms with Crippen molar-refractivity contribution < 1.29 is 4.79 Å². The Morgan fingerprint density at radius 1 is 1.32 bits per heavy atom. The van der Waals surface area contributed by atoms with Crippen LogP contribution < -0.4 is 11.1 Å². The first kappa shape index (κ1) is 16.4. The zero-order valence-corrected chi connectivity index (χ0v) is 12.9. The van der Waals surface area contributed by atoms with E-state index in [4.69, 9.17) is 5.73 Å². The summed E-state index contributed by atoms with van der Waals surface area (Å²) in [6.07, 6.45) is 5.02. The van der Waals surface area contributed by atoms with Gasteiger partial charge in [-0.25, -0.2) is 0 Å². The lowest BCUT2D eigenvalue weighted by Crippen LogP contribution is -2.53. The molecule has 0 spiro atoms. The van der Waals surface area contributed by atoms with Gasteiger partial charge in [0.1, 0.15) is 0 Å². The van der Waals surface area contributed by atoms with Crippen molar-refractivity contribution in [2.24, 2.45) is 11.7 Å². The summed E-state index contributed by atoms with van der Waals surface area (Å²) in [5, 5.41) is 2.98. The smallest absolute Gasteiger partial charge is 0.240 e. The van der Waals surface area contributed by atoms with Crippen LogP contribution in [0.2, 0.25) is 0 Å². The fraction of sp³-hybridized carbons (Fsp3) is 0.933. The molecule has 0 atom stereocenters. The van der Waals surface area contributed by atoms with Crippen molar-refractivity contribution in [3.63, 3.8) is 0 Å². The third-order valence-electron chi connectivity index (χ3n) is 4.53. The molecule has 1 amide bonds. The molecule has 1 fully saturated rings. The fourth-order valence-electron chi connectivity index (χ4n) is 2.54. The lowest BCUT2D eigenvalue weighted by atomic mass is 9.93. The van der Waals surface area contributed by atoms with E-state index in [1.165, 1.54) is 25.9 Å². The van der Waals surface area contributed by atoms with Gasteiger partial charge in [-0.3, -0.25) is 4.79 Å². The fourth-order valence-corrected chi connectivity index (χ4v) is 2.54. The zero-order valence-electron chi connectivity index (χ0n) is 12.9. The number of hydrogen-bond acceptors (Lipinski definition) is 3. The molecule has 1 aliphatic heterocycles. The summed E-state index contributed by atoms with van der Waals surface area (Å²) in [5.74, 6) is 0.882. The van der Waals surface area contributed by atoms with Crippen LogP contribution in [0, 0.1) is 5.92 Å². The van der Waals surface area contributed by atoms with Gasteiger partial charge in [0.05, 0.1) is 5.54 Å². The predicted octanol–water partition coefficient (Wildman–Crippen LogP) is 1.74. The van der Waals surface area contributed by atoms with Gasteiger partial charge in [-0.1, -0.05) is 20.8 Å². The Morgan fingerprint density at radius 2 is 1.89 bits per heavy atom. The predicted molar refractivity (Wildman–Crippen MR) is 80.0 cm³/mol. The third kappa shape index (κ3) is 5.11. The molecular formula is C15H31N3O. The molecule has 1 rings (SSSR count). The molecule has 0 bridgehead atoms. The van der Waals surface area contributed by atoms with Gasteiger partial charge in [-0.2, -0.15) is 0 Å². The molecule has 112 valence electrons. The van der Waals surface area contributed by atoms with Crippen molar-refractivity contribution in [2.75, 3.05) is 26.2 Å². The Labute approximate surface area is 118 Å². The van der Waals surface area contributed by atoms with E-state index >= 15 is 0 Å². The maximum absolute atomic E-state index is 12.0. The number of nitrogens with zero attached hydrogens (tertiary/aromatic N) is 1. The van der Waals surface area contributed by atoms with E-state index in [1.807, 2.05) is 13.8 Å². The molecule has 19 heavy (non-hydrogen) atoms. The highest BCUT2D eigenvalue weighted by Crippen LogP contribution is 2.15. The maximum Gasteiger partial charge on any atom is 0.240 e. The Bertz CT molecular complexity index is 269. The van der Waals surface area contributed by atoms with Crippen LogP contribution in [-0.4, -0.2) is 42.5 Å². The van der Waals surface area contributed by atoms with E-state index in [9.17, 15) is 4.79 Å². The second-order valence-electron chi connectivity index (χ2n) is 6.00. The number of likely N-dealkylation sites (tertiary alicyclic amines) is 1. The van der Waals surface area contributed by atoms with E-state index in [0.29, 0.717) is 12.8 Å². The largest absolute Gasteiger partial charge is 0.354 e. The molecule has 1 saturated heterocycles. The number of nitrogens with two attached hydrogens (primary N) is 1. The summed E-state index contributed by atoms with van der Waals surface area (Å²) in [6, 6.07) is 0. The van der Waals surface area contributed by atoms with Gasteiger partial charge in [0, 0.05) is 6.54 Å². The van der Waals surface area contributed by atoms with Crippen LogP contribution in [0.3, 0.4) is 0 Å². The van der Waals surface area contributed by atoms with Gasteiger partial charge in [0.25, 0.3) is 0 Å². The van der Waals surface area contributed by atoms with E-state index in [0.717, 1.165) is 25.4 Å². The average Bonchev–Trinajstić information content (AvgIpc) is 2.44. The molecule has 0 unspecified atom stereocenters. The number of amides is 1. The summed E-state index contributed by atoms with van der Waals surface area (Å²) >= 11 is 0. The van der Waals surface area contributed by atoms with Crippen LogP contribution in [0.5, 0.6) is 0 Å². The normalized spacial score (nSPS) is 18.5. The Kier molecular flexibility index (Phi) is 6.80.